The number of nitrogens with zero attached hydrogens (tertiary/aromatic N) is 1. The van der Waals surface area contributed by atoms with Crippen LogP contribution in [-0.2, 0) is 6.54 Å². The van der Waals surface area contributed by atoms with E-state index < -0.39 is 0 Å². The van der Waals surface area contributed by atoms with Crippen LogP contribution in [0, 0.1) is 20.8 Å². The lowest BCUT2D eigenvalue weighted by molar-refractivity contribution is 0.726. The van der Waals surface area contributed by atoms with E-state index in [2.05, 4.69) is 81.4 Å². The van der Waals surface area contributed by atoms with Crippen LogP contribution in [0.3, 0.4) is 0 Å². The van der Waals surface area contributed by atoms with Gasteiger partial charge in [-0.25, -0.2) is 0 Å². The number of nitrogens with one attached hydrogen (secondary N) is 1. The lowest BCUT2D eigenvalue weighted by Gasteiger charge is -2.25. The van der Waals surface area contributed by atoms with Crippen molar-refractivity contribution < 1.29 is 0 Å². The predicted octanol–water partition coefficient (Wildman–Crippen LogP) is 4.49. The Kier molecular flexibility index (Phi) is 5.03. The summed E-state index contributed by atoms with van der Waals surface area (Å²) in [4.78, 5) is 2.29. The molecule has 0 aliphatic rings. The predicted molar refractivity (Wildman–Crippen MR) is 92.5 cm³/mol. The maximum absolute atomic E-state index is 3.44. The summed E-state index contributed by atoms with van der Waals surface area (Å²) in [6.45, 7) is 10.5. The highest BCUT2D eigenvalue weighted by Crippen LogP contribution is 2.30. The van der Waals surface area contributed by atoms with Gasteiger partial charge < -0.3 is 10.2 Å². The molecule has 0 saturated heterocycles. The molecule has 2 rings (SSSR count). The topological polar surface area (TPSA) is 15.3 Å². The molecule has 0 aliphatic carbocycles. The maximum atomic E-state index is 3.44. The summed E-state index contributed by atoms with van der Waals surface area (Å²) in [5.41, 5.74) is 7.81. The molecule has 0 radical (unpaired) electrons. The first kappa shape index (κ1) is 15.6. The van der Waals surface area contributed by atoms with E-state index >= 15 is 0 Å². The Morgan fingerprint density at radius 2 is 1.52 bits per heavy atom. The molecule has 0 atom stereocenters. The number of rotatable bonds is 5. The number of hydrogen-bond donors (Lipinski definition) is 1. The minimum Gasteiger partial charge on any atom is -0.344 e. The van der Waals surface area contributed by atoms with Crippen LogP contribution in [-0.4, -0.2) is 13.6 Å². The van der Waals surface area contributed by atoms with E-state index in [-0.39, 0.29) is 0 Å². The summed E-state index contributed by atoms with van der Waals surface area (Å²) >= 11 is 0. The summed E-state index contributed by atoms with van der Waals surface area (Å²) in [7, 11) is 2.15. The molecule has 21 heavy (non-hydrogen) atoms. The first-order valence-electron chi connectivity index (χ1n) is 7.64. The molecule has 0 amide bonds. The van der Waals surface area contributed by atoms with E-state index in [0.29, 0.717) is 0 Å². The lowest BCUT2D eigenvalue weighted by Crippen LogP contribution is -2.18. The fourth-order valence-corrected chi connectivity index (χ4v) is 2.75. The van der Waals surface area contributed by atoms with Crippen LogP contribution < -0.4 is 10.2 Å². The normalized spacial score (nSPS) is 10.7. The maximum Gasteiger partial charge on any atom is 0.0453 e. The molecule has 2 nitrogen and oxygen atoms in total. The molecule has 2 heteroatoms. The fraction of sp³-hybridized carbons (Fsp3) is 0.368. The average Bonchev–Trinajstić information content (AvgIpc) is 2.44. The number of hydrogen-bond acceptors (Lipinski definition) is 2. The van der Waals surface area contributed by atoms with Gasteiger partial charge >= 0.3 is 0 Å². The summed E-state index contributed by atoms with van der Waals surface area (Å²) < 4.78 is 0. The zero-order chi connectivity index (χ0) is 15.4. The molecule has 2 aromatic carbocycles. The molecular formula is C19H26N2. The lowest BCUT2D eigenvalue weighted by atomic mass is 10.1. The zero-order valence-corrected chi connectivity index (χ0v) is 13.8. The van der Waals surface area contributed by atoms with E-state index in [1.807, 2.05) is 0 Å². The summed E-state index contributed by atoms with van der Waals surface area (Å²) in [6, 6.07) is 13.3. The van der Waals surface area contributed by atoms with Gasteiger partial charge in [-0.05, 0) is 50.6 Å². The zero-order valence-electron chi connectivity index (χ0n) is 13.8. The first-order valence-corrected chi connectivity index (χ1v) is 7.64. The van der Waals surface area contributed by atoms with Crippen LogP contribution in [0.2, 0.25) is 0 Å². The van der Waals surface area contributed by atoms with Crippen LogP contribution in [0.15, 0.2) is 36.4 Å². The minimum absolute atomic E-state index is 0.906. The van der Waals surface area contributed by atoms with Crippen molar-refractivity contribution in [1.82, 2.24) is 5.32 Å². The molecule has 0 saturated carbocycles. The highest BCUT2D eigenvalue weighted by atomic mass is 15.1. The molecule has 112 valence electrons. The Labute approximate surface area is 128 Å². The van der Waals surface area contributed by atoms with E-state index in [9.17, 15) is 0 Å². The van der Waals surface area contributed by atoms with Crippen LogP contribution in [0.1, 0.15) is 29.2 Å². The monoisotopic (exact) mass is 282 g/mol. The molecule has 0 unspecified atom stereocenters. The Morgan fingerprint density at radius 1 is 0.905 bits per heavy atom. The summed E-state index contributed by atoms with van der Waals surface area (Å²) in [5, 5.41) is 3.44. The van der Waals surface area contributed by atoms with E-state index in [0.717, 1.165) is 13.1 Å². The summed E-state index contributed by atoms with van der Waals surface area (Å²) in [5.74, 6) is 0. The van der Waals surface area contributed by atoms with E-state index in [1.165, 1.54) is 33.6 Å². The second kappa shape index (κ2) is 6.77. The van der Waals surface area contributed by atoms with E-state index in [1.54, 1.807) is 0 Å². The second-order valence-corrected chi connectivity index (χ2v) is 5.76. The first-order chi connectivity index (χ1) is 10.0. The van der Waals surface area contributed by atoms with Gasteiger partial charge in [0.25, 0.3) is 0 Å². The standard InChI is InChI=1S/C19H26N2/c1-6-20-13-17-12-15(3)8-10-19(17)21(5)18-9-7-14(2)11-16(18)4/h7-12,20H,6,13H2,1-5H3. The molecular weight excluding hydrogens is 256 g/mol. The van der Waals surface area contributed by atoms with Gasteiger partial charge in [0.05, 0.1) is 0 Å². The van der Waals surface area contributed by atoms with Gasteiger partial charge in [-0.1, -0.05) is 42.3 Å². The number of anilines is 2. The average molecular weight is 282 g/mol. The Hall–Kier alpha value is -1.80. The van der Waals surface area contributed by atoms with E-state index in [4.69, 9.17) is 0 Å². The van der Waals surface area contributed by atoms with Crippen LogP contribution >= 0.6 is 0 Å². The molecule has 0 aromatic heterocycles. The third kappa shape index (κ3) is 3.64. The minimum atomic E-state index is 0.906. The van der Waals surface area contributed by atoms with Gasteiger partial charge in [0.15, 0.2) is 0 Å². The Balaban J connectivity index is 2.39. The molecule has 2 aromatic rings. The van der Waals surface area contributed by atoms with Gasteiger partial charge in [-0.15, -0.1) is 0 Å². The van der Waals surface area contributed by atoms with Crippen molar-refractivity contribution in [2.45, 2.75) is 34.2 Å². The van der Waals surface area contributed by atoms with Crippen molar-refractivity contribution in [1.29, 1.82) is 0 Å². The molecule has 0 aliphatic heterocycles. The van der Waals surface area contributed by atoms with Crippen molar-refractivity contribution >= 4 is 11.4 Å². The highest BCUT2D eigenvalue weighted by molar-refractivity contribution is 5.69. The van der Waals surface area contributed by atoms with Gasteiger partial charge in [-0.3, -0.25) is 0 Å². The van der Waals surface area contributed by atoms with Gasteiger partial charge in [-0.2, -0.15) is 0 Å². The number of benzene rings is 2. The molecule has 1 N–H and O–H groups in total. The van der Waals surface area contributed by atoms with Gasteiger partial charge in [0.2, 0.25) is 0 Å². The third-order valence-corrected chi connectivity index (χ3v) is 3.88. The second-order valence-electron chi connectivity index (χ2n) is 5.76. The third-order valence-electron chi connectivity index (χ3n) is 3.88. The van der Waals surface area contributed by atoms with Crippen molar-refractivity contribution in [2.75, 3.05) is 18.5 Å². The fourth-order valence-electron chi connectivity index (χ4n) is 2.75. The van der Waals surface area contributed by atoms with Crippen LogP contribution in [0.5, 0.6) is 0 Å². The van der Waals surface area contributed by atoms with Crippen molar-refractivity contribution in [3.05, 3.63) is 58.7 Å². The Morgan fingerprint density at radius 3 is 2.14 bits per heavy atom. The van der Waals surface area contributed by atoms with Crippen LogP contribution in [0.25, 0.3) is 0 Å². The highest BCUT2D eigenvalue weighted by Gasteiger charge is 2.11. The SMILES string of the molecule is CCNCc1cc(C)ccc1N(C)c1ccc(C)cc1C. The Bertz CT molecular complexity index is 617. The van der Waals surface area contributed by atoms with Crippen molar-refractivity contribution in [3.63, 3.8) is 0 Å². The molecule has 0 fully saturated rings. The van der Waals surface area contributed by atoms with Gasteiger partial charge in [0, 0.05) is 25.0 Å². The van der Waals surface area contributed by atoms with Crippen molar-refractivity contribution in [2.24, 2.45) is 0 Å². The van der Waals surface area contributed by atoms with Gasteiger partial charge in [0.1, 0.15) is 0 Å². The molecule has 0 bridgehead atoms. The largest absolute Gasteiger partial charge is 0.344 e. The van der Waals surface area contributed by atoms with Crippen LogP contribution in [0.4, 0.5) is 11.4 Å². The smallest absolute Gasteiger partial charge is 0.0453 e. The summed E-state index contributed by atoms with van der Waals surface area (Å²) in [6.07, 6.45) is 0. The molecule has 0 spiro atoms. The quantitative estimate of drug-likeness (QED) is 0.869. The molecule has 0 heterocycles. The number of aryl methyl sites for hydroxylation is 3. The van der Waals surface area contributed by atoms with Crippen molar-refractivity contribution in [3.8, 4) is 0 Å².